The van der Waals surface area contributed by atoms with E-state index < -0.39 is 0 Å². The van der Waals surface area contributed by atoms with E-state index in [1.807, 2.05) is 60.7 Å². The molecule has 2 aromatic carbocycles. The van der Waals surface area contributed by atoms with Gasteiger partial charge in [0.15, 0.2) is 5.76 Å². The average Bonchev–Trinajstić information content (AvgIpc) is 2.90. The van der Waals surface area contributed by atoms with Crippen LogP contribution in [0.25, 0.3) is 22.6 Å². The van der Waals surface area contributed by atoms with Gasteiger partial charge in [-0.15, -0.1) is 0 Å². The molecule has 1 heterocycles. The number of halogens is 1. The molecule has 3 rings (SSSR count). The van der Waals surface area contributed by atoms with Gasteiger partial charge in [-0.25, -0.2) is 0 Å². The third kappa shape index (κ3) is 2.03. The minimum atomic E-state index is 0.660. The third-order valence-corrected chi connectivity index (χ3v) is 3.05. The first-order chi connectivity index (χ1) is 8.84. The summed E-state index contributed by atoms with van der Waals surface area (Å²) in [6, 6.07) is 19.4. The number of nitrogens with zero attached hydrogens (tertiary/aromatic N) is 1. The standard InChI is InChI=1S/C15H10ClNO/c16-13-9-5-4-8-12(13)15-10-14(17-18-15)11-6-2-1-3-7-11/h1-10H. The van der Waals surface area contributed by atoms with Crippen molar-refractivity contribution in [1.82, 2.24) is 5.16 Å². The zero-order chi connectivity index (χ0) is 12.4. The highest BCUT2D eigenvalue weighted by molar-refractivity contribution is 6.33. The number of rotatable bonds is 2. The molecule has 2 nitrogen and oxygen atoms in total. The van der Waals surface area contributed by atoms with Crippen molar-refractivity contribution in [3.8, 4) is 22.6 Å². The second-order valence-electron chi connectivity index (χ2n) is 3.92. The van der Waals surface area contributed by atoms with Crippen molar-refractivity contribution in [3.05, 3.63) is 65.7 Å². The van der Waals surface area contributed by atoms with Crippen molar-refractivity contribution in [2.75, 3.05) is 0 Å². The van der Waals surface area contributed by atoms with Gasteiger partial charge in [0.05, 0.1) is 5.02 Å². The molecule has 0 amide bonds. The maximum absolute atomic E-state index is 6.13. The van der Waals surface area contributed by atoms with Crippen LogP contribution >= 0.6 is 11.6 Å². The lowest BCUT2D eigenvalue weighted by Crippen LogP contribution is -1.75. The van der Waals surface area contributed by atoms with Crippen LogP contribution < -0.4 is 0 Å². The minimum Gasteiger partial charge on any atom is -0.356 e. The van der Waals surface area contributed by atoms with Crippen LogP contribution in [0.1, 0.15) is 0 Å². The first-order valence-corrected chi connectivity index (χ1v) is 5.99. The van der Waals surface area contributed by atoms with Crippen molar-refractivity contribution < 1.29 is 4.52 Å². The molecule has 0 unspecified atom stereocenters. The summed E-state index contributed by atoms with van der Waals surface area (Å²) in [4.78, 5) is 0. The SMILES string of the molecule is Clc1ccccc1-c1cc(-c2ccccc2)no1. The highest BCUT2D eigenvalue weighted by Gasteiger charge is 2.10. The van der Waals surface area contributed by atoms with Crippen molar-refractivity contribution in [1.29, 1.82) is 0 Å². The molecule has 0 aliphatic heterocycles. The monoisotopic (exact) mass is 255 g/mol. The lowest BCUT2D eigenvalue weighted by molar-refractivity contribution is 0.435. The third-order valence-electron chi connectivity index (χ3n) is 2.72. The summed E-state index contributed by atoms with van der Waals surface area (Å²) in [5, 5.41) is 4.73. The van der Waals surface area contributed by atoms with Gasteiger partial charge in [0, 0.05) is 17.2 Å². The Labute approximate surface area is 110 Å². The molecule has 0 bridgehead atoms. The van der Waals surface area contributed by atoms with Crippen molar-refractivity contribution in [3.63, 3.8) is 0 Å². The molecule has 0 atom stereocenters. The normalized spacial score (nSPS) is 10.5. The van der Waals surface area contributed by atoms with Gasteiger partial charge in [-0.05, 0) is 12.1 Å². The molecule has 0 spiro atoms. The van der Waals surface area contributed by atoms with Gasteiger partial charge in [0.2, 0.25) is 0 Å². The summed E-state index contributed by atoms with van der Waals surface area (Å²) >= 11 is 6.13. The fourth-order valence-corrected chi connectivity index (χ4v) is 2.04. The molecule has 0 radical (unpaired) electrons. The van der Waals surface area contributed by atoms with Crippen LogP contribution in [0, 0.1) is 0 Å². The first kappa shape index (κ1) is 11.1. The molecule has 18 heavy (non-hydrogen) atoms. The van der Waals surface area contributed by atoms with Crippen LogP contribution in [0.5, 0.6) is 0 Å². The van der Waals surface area contributed by atoms with E-state index >= 15 is 0 Å². The van der Waals surface area contributed by atoms with Gasteiger partial charge in [-0.3, -0.25) is 0 Å². The van der Waals surface area contributed by atoms with Crippen molar-refractivity contribution >= 4 is 11.6 Å². The number of benzene rings is 2. The molecular weight excluding hydrogens is 246 g/mol. The van der Waals surface area contributed by atoms with Crippen LogP contribution in [-0.2, 0) is 0 Å². The molecule has 0 saturated carbocycles. The molecule has 3 heteroatoms. The second kappa shape index (κ2) is 4.67. The molecule has 88 valence electrons. The summed E-state index contributed by atoms with van der Waals surface area (Å²) < 4.78 is 5.35. The zero-order valence-electron chi connectivity index (χ0n) is 9.51. The van der Waals surface area contributed by atoms with E-state index in [0.717, 1.165) is 16.8 Å². The number of hydrogen-bond donors (Lipinski definition) is 0. The highest BCUT2D eigenvalue weighted by Crippen LogP contribution is 2.30. The molecule has 1 aromatic heterocycles. The average molecular weight is 256 g/mol. The van der Waals surface area contributed by atoms with Crippen LogP contribution in [0.4, 0.5) is 0 Å². The summed E-state index contributed by atoms with van der Waals surface area (Å²) in [6.45, 7) is 0. The Hall–Kier alpha value is -2.06. The molecule has 0 aliphatic carbocycles. The fourth-order valence-electron chi connectivity index (χ4n) is 1.81. The van der Waals surface area contributed by atoms with Gasteiger partial charge in [-0.1, -0.05) is 59.2 Å². The van der Waals surface area contributed by atoms with E-state index in [1.54, 1.807) is 0 Å². The van der Waals surface area contributed by atoms with Crippen LogP contribution in [0.2, 0.25) is 5.02 Å². The van der Waals surface area contributed by atoms with E-state index in [9.17, 15) is 0 Å². The van der Waals surface area contributed by atoms with Gasteiger partial charge in [-0.2, -0.15) is 0 Å². The molecule has 0 aliphatic rings. The highest BCUT2D eigenvalue weighted by atomic mass is 35.5. The van der Waals surface area contributed by atoms with E-state index in [4.69, 9.17) is 16.1 Å². The van der Waals surface area contributed by atoms with Crippen molar-refractivity contribution in [2.24, 2.45) is 0 Å². The molecular formula is C15H10ClNO. The topological polar surface area (TPSA) is 26.0 Å². The minimum absolute atomic E-state index is 0.660. The molecule has 3 aromatic rings. The molecule has 0 fully saturated rings. The van der Waals surface area contributed by atoms with E-state index in [-0.39, 0.29) is 0 Å². The number of aromatic nitrogens is 1. The Morgan fingerprint density at radius 3 is 2.39 bits per heavy atom. The largest absolute Gasteiger partial charge is 0.356 e. The quantitative estimate of drug-likeness (QED) is 0.665. The summed E-state index contributed by atoms with van der Waals surface area (Å²) in [6.07, 6.45) is 0. The van der Waals surface area contributed by atoms with Gasteiger partial charge in [0.1, 0.15) is 5.69 Å². The smallest absolute Gasteiger partial charge is 0.168 e. The van der Waals surface area contributed by atoms with Crippen LogP contribution in [0.3, 0.4) is 0 Å². The Morgan fingerprint density at radius 1 is 0.889 bits per heavy atom. The Kier molecular flexibility index (Phi) is 2.87. The lowest BCUT2D eigenvalue weighted by Gasteiger charge is -1.97. The lowest BCUT2D eigenvalue weighted by atomic mass is 10.1. The summed E-state index contributed by atoms with van der Waals surface area (Å²) in [5.41, 5.74) is 2.69. The Bertz CT molecular complexity index is 661. The van der Waals surface area contributed by atoms with E-state index in [2.05, 4.69) is 5.16 Å². The van der Waals surface area contributed by atoms with E-state index in [1.165, 1.54) is 0 Å². The summed E-state index contributed by atoms with van der Waals surface area (Å²) in [5.74, 6) is 0.680. The van der Waals surface area contributed by atoms with Crippen molar-refractivity contribution in [2.45, 2.75) is 0 Å². The Morgan fingerprint density at radius 2 is 1.61 bits per heavy atom. The summed E-state index contributed by atoms with van der Waals surface area (Å²) in [7, 11) is 0. The predicted octanol–water partition coefficient (Wildman–Crippen LogP) is 4.66. The maximum atomic E-state index is 6.13. The zero-order valence-corrected chi connectivity index (χ0v) is 10.3. The first-order valence-electron chi connectivity index (χ1n) is 5.61. The second-order valence-corrected chi connectivity index (χ2v) is 4.33. The van der Waals surface area contributed by atoms with Crippen LogP contribution in [-0.4, -0.2) is 5.16 Å². The van der Waals surface area contributed by atoms with E-state index in [0.29, 0.717) is 10.8 Å². The maximum Gasteiger partial charge on any atom is 0.168 e. The van der Waals surface area contributed by atoms with Gasteiger partial charge < -0.3 is 4.52 Å². The van der Waals surface area contributed by atoms with Crippen LogP contribution in [0.15, 0.2) is 65.2 Å². The molecule has 0 saturated heterocycles. The number of hydrogen-bond acceptors (Lipinski definition) is 2. The van der Waals surface area contributed by atoms with Gasteiger partial charge in [0.25, 0.3) is 0 Å². The fraction of sp³-hybridized carbons (Fsp3) is 0. The predicted molar refractivity (Wildman–Crippen MR) is 72.4 cm³/mol. The van der Waals surface area contributed by atoms with Gasteiger partial charge >= 0.3 is 0 Å². The Balaban J connectivity index is 2.03. The molecule has 0 N–H and O–H groups in total.